The van der Waals surface area contributed by atoms with Crippen molar-refractivity contribution < 1.29 is 9.21 Å². The third kappa shape index (κ3) is 3.08. The maximum absolute atomic E-state index is 13.0. The number of nitrogens with zero attached hydrogens (tertiary/aromatic N) is 2. The molecule has 29 heavy (non-hydrogen) atoms. The Morgan fingerprint density at radius 1 is 1.07 bits per heavy atom. The molecule has 0 unspecified atom stereocenters. The van der Waals surface area contributed by atoms with Gasteiger partial charge in [0.05, 0.1) is 5.25 Å². The molecule has 0 amide bonds. The van der Waals surface area contributed by atoms with Gasteiger partial charge in [-0.15, -0.1) is 10.2 Å². The maximum Gasteiger partial charge on any atom is 0.277 e. The van der Waals surface area contributed by atoms with Gasteiger partial charge >= 0.3 is 0 Å². The number of hydrogen-bond acceptors (Lipinski definition) is 5. The zero-order valence-electron chi connectivity index (χ0n) is 17.0. The summed E-state index contributed by atoms with van der Waals surface area (Å²) in [5.41, 5.74) is 3.67. The summed E-state index contributed by atoms with van der Waals surface area (Å²) >= 11 is 1.41. The van der Waals surface area contributed by atoms with Gasteiger partial charge < -0.3 is 4.42 Å². The highest BCUT2D eigenvalue weighted by atomic mass is 32.2. The number of Topliss-reactive ketones (excluding diaryl/α,β-unsaturated/α-hetero) is 1. The summed E-state index contributed by atoms with van der Waals surface area (Å²) in [6.45, 7) is 1.95. The molecular formula is C24H28N2O2S. The first kappa shape index (κ1) is 18.2. The number of carbonyl (C=O) groups excluding carboxylic acids is 1. The number of fused-ring (bicyclic) bond motifs is 1. The minimum Gasteiger partial charge on any atom is -0.415 e. The van der Waals surface area contributed by atoms with E-state index in [0.29, 0.717) is 5.22 Å². The van der Waals surface area contributed by atoms with Crippen molar-refractivity contribution >= 4 is 17.5 Å². The first-order chi connectivity index (χ1) is 14.1. The largest absolute Gasteiger partial charge is 0.415 e. The number of rotatable bonds is 5. The summed E-state index contributed by atoms with van der Waals surface area (Å²) in [6.07, 6.45) is 11.3. The van der Waals surface area contributed by atoms with Crippen LogP contribution in [0.15, 0.2) is 27.8 Å². The summed E-state index contributed by atoms with van der Waals surface area (Å²) in [7, 11) is 0. The van der Waals surface area contributed by atoms with Crippen molar-refractivity contribution in [2.75, 3.05) is 0 Å². The lowest BCUT2D eigenvalue weighted by atomic mass is 9.49. The van der Waals surface area contributed by atoms with Crippen molar-refractivity contribution in [3.8, 4) is 0 Å². The topological polar surface area (TPSA) is 56.0 Å². The number of aryl methyl sites for hydroxylation is 2. The van der Waals surface area contributed by atoms with Gasteiger partial charge in [0.15, 0.2) is 5.78 Å². The van der Waals surface area contributed by atoms with Gasteiger partial charge in [-0.1, -0.05) is 23.9 Å². The molecule has 152 valence electrons. The molecule has 1 atom stereocenters. The standard InChI is InChI=1S/C24H28N2O2S/c1-14(21(27)20-6-5-18-3-2-4-19(18)10-20)29-23-26-25-22(28-23)24-11-15-7-16(12-24)9-17(8-15)13-24/h5-6,10,14-17H,2-4,7-9,11-13H2,1H3/t14-,15?,16?,17?,24?/m1/s1. The predicted molar refractivity (Wildman–Crippen MR) is 112 cm³/mol. The van der Waals surface area contributed by atoms with Crippen LogP contribution < -0.4 is 0 Å². The van der Waals surface area contributed by atoms with E-state index < -0.39 is 0 Å². The lowest BCUT2D eigenvalue weighted by Crippen LogP contribution is -2.48. The Kier molecular flexibility index (Phi) is 4.20. The van der Waals surface area contributed by atoms with Crippen molar-refractivity contribution in [3.63, 3.8) is 0 Å². The van der Waals surface area contributed by atoms with Gasteiger partial charge in [-0.2, -0.15) is 0 Å². The van der Waals surface area contributed by atoms with Crippen LogP contribution in [0.2, 0.25) is 0 Å². The second-order valence-corrected chi connectivity index (χ2v) is 11.3. The van der Waals surface area contributed by atoms with E-state index in [0.717, 1.165) is 42.0 Å². The van der Waals surface area contributed by atoms with Crippen LogP contribution in [0.3, 0.4) is 0 Å². The van der Waals surface area contributed by atoms with E-state index in [2.05, 4.69) is 22.3 Å². The van der Waals surface area contributed by atoms with Crippen molar-refractivity contribution in [3.05, 3.63) is 40.8 Å². The highest BCUT2D eigenvalue weighted by molar-refractivity contribution is 8.00. The van der Waals surface area contributed by atoms with Gasteiger partial charge in [-0.05, 0) is 99.7 Å². The Balaban J connectivity index is 1.18. The normalized spacial score (nSPS) is 33.1. The molecule has 5 heteroatoms. The van der Waals surface area contributed by atoms with Crippen LogP contribution in [0.5, 0.6) is 0 Å². The van der Waals surface area contributed by atoms with Crippen molar-refractivity contribution in [1.82, 2.24) is 10.2 Å². The molecule has 4 saturated carbocycles. The predicted octanol–water partition coefficient (Wildman–Crippen LogP) is 5.39. The SMILES string of the molecule is C[C@@H](Sc1nnc(C23CC4CC(CC(C4)C2)C3)o1)C(=O)c1ccc2c(c1)CCC2. The number of carbonyl (C=O) groups is 1. The summed E-state index contributed by atoms with van der Waals surface area (Å²) in [6, 6.07) is 6.21. The minimum absolute atomic E-state index is 0.119. The molecule has 4 bridgehead atoms. The number of hydrogen-bond donors (Lipinski definition) is 0. The van der Waals surface area contributed by atoms with Crippen LogP contribution in [0.25, 0.3) is 0 Å². The van der Waals surface area contributed by atoms with Crippen LogP contribution in [0, 0.1) is 17.8 Å². The van der Waals surface area contributed by atoms with Crippen LogP contribution in [-0.2, 0) is 18.3 Å². The Bertz CT molecular complexity index is 930. The second-order valence-electron chi connectivity index (χ2n) is 10.0. The molecule has 0 radical (unpaired) electrons. The molecule has 4 fully saturated rings. The maximum atomic E-state index is 13.0. The monoisotopic (exact) mass is 408 g/mol. The highest BCUT2D eigenvalue weighted by Gasteiger charge is 2.54. The van der Waals surface area contributed by atoms with Crippen LogP contribution in [0.1, 0.15) is 79.2 Å². The first-order valence-corrected chi connectivity index (χ1v) is 12.1. The van der Waals surface area contributed by atoms with E-state index >= 15 is 0 Å². The summed E-state index contributed by atoms with van der Waals surface area (Å²) in [5, 5.41) is 9.16. The highest BCUT2D eigenvalue weighted by Crippen LogP contribution is 2.60. The van der Waals surface area contributed by atoms with E-state index in [1.165, 1.54) is 67.8 Å². The fourth-order valence-electron chi connectivity index (χ4n) is 7.01. The summed E-state index contributed by atoms with van der Waals surface area (Å²) < 4.78 is 6.19. The molecule has 0 saturated heterocycles. The molecule has 5 aliphatic carbocycles. The van der Waals surface area contributed by atoms with E-state index in [-0.39, 0.29) is 16.4 Å². The summed E-state index contributed by atoms with van der Waals surface area (Å²) in [4.78, 5) is 13.0. The number of thioether (sulfide) groups is 1. The third-order valence-corrected chi connectivity index (χ3v) is 8.86. The lowest BCUT2D eigenvalue weighted by molar-refractivity contribution is -0.0191. The number of ketones is 1. The minimum atomic E-state index is -0.223. The lowest BCUT2D eigenvalue weighted by Gasteiger charge is -2.55. The molecular weight excluding hydrogens is 380 g/mol. The molecule has 0 aliphatic heterocycles. The van der Waals surface area contributed by atoms with Gasteiger partial charge in [-0.25, -0.2) is 0 Å². The van der Waals surface area contributed by atoms with Gasteiger partial charge in [0, 0.05) is 11.0 Å². The molecule has 5 aliphatic rings. The molecule has 7 rings (SSSR count). The Hall–Kier alpha value is -1.62. The third-order valence-electron chi connectivity index (χ3n) is 7.93. The molecule has 1 aromatic heterocycles. The first-order valence-electron chi connectivity index (χ1n) is 11.2. The van der Waals surface area contributed by atoms with Gasteiger partial charge in [0.2, 0.25) is 5.89 Å². The zero-order chi connectivity index (χ0) is 19.6. The molecule has 0 N–H and O–H groups in total. The van der Waals surface area contributed by atoms with E-state index in [4.69, 9.17) is 4.42 Å². The Labute approximate surface area is 176 Å². The molecule has 1 aromatic carbocycles. The quantitative estimate of drug-likeness (QED) is 0.490. The number of aromatic nitrogens is 2. The van der Waals surface area contributed by atoms with Crippen LogP contribution >= 0.6 is 11.8 Å². The fourth-order valence-corrected chi connectivity index (χ4v) is 7.77. The van der Waals surface area contributed by atoms with E-state index in [1.54, 1.807) is 0 Å². The average molecular weight is 409 g/mol. The van der Waals surface area contributed by atoms with Crippen LogP contribution in [0.4, 0.5) is 0 Å². The summed E-state index contributed by atoms with van der Waals surface area (Å²) in [5.74, 6) is 3.55. The average Bonchev–Trinajstić information content (AvgIpc) is 3.35. The van der Waals surface area contributed by atoms with E-state index in [1.807, 2.05) is 13.0 Å². The Morgan fingerprint density at radius 2 is 1.76 bits per heavy atom. The number of benzene rings is 1. The van der Waals surface area contributed by atoms with Gasteiger partial charge in [-0.3, -0.25) is 4.79 Å². The smallest absolute Gasteiger partial charge is 0.277 e. The Morgan fingerprint density at radius 3 is 2.48 bits per heavy atom. The molecule has 2 aromatic rings. The fraction of sp³-hybridized carbons (Fsp3) is 0.625. The zero-order valence-corrected chi connectivity index (χ0v) is 17.8. The van der Waals surface area contributed by atoms with Gasteiger partial charge in [0.25, 0.3) is 5.22 Å². The van der Waals surface area contributed by atoms with Crippen LogP contribution in [-0.4, -0.2) is 21.2 Å². The second kappa shape index (κ2) is 6.69. The van der Waals surface area contributed by atoms with Gasteiger partial charge in [0.1, 0.15) is 0 Å². The molecule has 4 nitrogen and oxygen atoms in total. The van der Waals surface area contributed by atoms with E-state index in [9.17, 15) is 4.79 Å². The van der Waals surface area contributed by atoms with Crippen molar-refractivity contribution in [2.24, 2.45) is 17.8 Å². The molecule has 0 spiro atoms. The van der Waals surface area contributed by atoms with Crippen molar-refractivity contribution in [1.29, 1.82) is 0 Å². The van der Waals surface area contributed by atoms with Crippen molar-refractivity contribution in [2.45, 2.75) is 80.6 Å². The molecule has 1 heterocycles.